The Morgan fingerprint density at radius 1 is 1.73 bits per heavy atom. The zero-order chi connectivity index (χ0) is 11.5. The molecule has 0 saturated carbocycles. The molecule has 1 heterocycles. The molecule has 6 nitrogen and oxygen atoms in total. The molecule has 0 aliphatic heterocycles. The fourth-order valence-corrected chi connectivity index (χ4v) is 2.09. The molecule has 0 fully saturated rings. The van der Waals surface area contributed by atoms with Crippen LogP contribution in [0.25, 0.3) is 0 Å². The second-order valence-corrected chi connectivity index (χ2v) is 5.50. The number of rotatable bonds is 5. The first kappa shape index (κ1) is 12.1. The van der Waals surface area contributed by atoms with E-state index in [1.807, 2.05) is 0 Å². The van der Waals surface area contributed by atoms with Crippen LogP contribution >= 0.6 is 12.2 Å². The van der Waals surface area contributed by atoms with E-state index in [9.17, 15) is 8.42 Å². The molecule has 15 heavy (non-hydrogen) atoms. The van der Waals surface area contributed by atoms with Gasteiger partial charge in [0.05, 0.1) is 17.5 Å². The van der Waals surface area contributed by atoms with E-state index in [2.05, 4.69) is 22.2 Å². The van der Waals surface area contributed by atoms with E-state index >= 15 is 0 Å². The highest BCUT2D eigenvalue weighted by Crippen LogP contribution is 2.09. The largest absolute Gasteiger partial charge is 0.393 e. The van der Waals surface area contributed by atoms with Gasteiger partial charge in [0, 0.05) is 20.0 Å². The quantitative estimate of drug-likeness (QED) is 0.698. The van der Waals surface area contributed by atoms with Gasteiger partial charge >= 0.3 is 0 Å². The minimum Gasteiger partial charge on any atom is -0.393 e. The number of hydrogen-bond donors (Lipinski definition) is 2. The van der Waals surface area contributed by atoms with E-state index in [4.69, 9.17) is 5.73 Å². The van der Waals surface area contributed by atoms with Gasteiger partial charge in [-0.3, -0.25) is 0 Å². The molecule has 0 aliphatic rings. The van der Waals surface area contributed by atoms with Crippen molar-refractivity contribution < 1.29 is 8.42 Å². The van der Waals surface area contributed by atoms with Crippen molar-refractivity contribution in [2.45, 2.75) is 11.4 Å². The Balaban J connectivity index is 2.75. The molecule has 84 valence electrons. The molecule has 0 atom stereocenters. The van der Waals surface area contributed by atoms with Crippen LogP contribution in [0.5, 0.6) is 0 Å². The molecule has 0 radical (unpaired) electrons. The van der Waals surface area contributed by atoms with Crippen molar-refractivity contribution in [3.8, 4) is 0 Å². The number of hydrogen-bond acceptors (Lipinski definition) is 4. The zero-order valence-corrected chi connectivity index (χ0v) is 9.81. The lowest BCUT2D eigenvalue weighted by Crippen LogP contribution is -2.30. The van der Waals surface area contributed by atoms with E-state index in [0.717, 1.165) is 0 Å². The highest BCUT2D eigenvalue weighted by atomic mass is 32.2. The Bertz CT molecular complexity index is 426. The molecule has 0 amide bonds. The van der Waals surface area contributed by atoms with Crippen LogP contribution in [0, 0.1) is 0 Å². The van der Waals surface area contributed by atoms with Crippen molar-refractivity contribution in [2.75, 3.05) is 13.6 Å². The molecule has 1 aromatic rings. The summed E-state index contributed by atoms with van der Waals surface area (Å²) in [5.41, 5.74) is 5.29. The number of imidazole rings is 1. The molecular formula is C7H12N4O2S2. The Kier molecular flexibility index (Phi) is 3.77. The monoisotopic (exact) mass is 248 g/mol. The summed E-state index contributed by atoms with van der Waals surface area (Å²) in [5, 5.41) is 0.0629. The van der Waals surface area contributed by atoms with Crippen LogP contribution in [0.3, 0.4) is 0 Å². The predicted molar refractivity (Wildman–Crippen MR) is 59.8 cm³/mol. The van der Waals surface area contributed by atoms with Crippen LogP contribution in [0.1, 0.15) is 6.42 Å². The average molecular weight is 248 g/mol. The van der Waals surface area contributed by atoms with E-state index in [1.165, 1.54) is 23.9 Å². The smallest absolute Gasteiger partial charge is 0.259 e. The molecule has 0 spiro atoms. The van der Waals surface area contributed by atoms with Crippen LogP contribution in [-0.4, -0.2) is 41.3 Å². The summed E-state index contributed by atoms with van der Waals surface area (Å²) < 4.78 is 24.7. The lowest BCUT2D eigenvalue weighted by molar-refractivity contribution is 0.476. The number of thiocarbonyl (C=S) groups is 1. The Hall–Kier alpha value is -0.990. The fourth-order valence-electron chi connectivity index (χ4n) is 0.940. The number of aromatic nitrogens is 2. The van der Waals surface area contributed by atoms with Gasteiger partial charge in [-0.25, -0.2) is 13.4 Å². The second-order valence-electron chi connectivity index (χ2n) is 2.96. The summed E-state index contributed by atoms with van der Waals surface area (Å²) in [6.45, 7) is 0.261. The van der Waals surface area contributed by atoms with Crippen molar-refractivity contribution in [2.24, 2.45) is 5.73 Å². The maximum absolute atomic E-state index is 11.8. The van der Waals surface area contributed by atoms with Gasteiger partial charge < -0.3 is 10.7 Å². The minimum atomic E-state index is -3.49. The molecule has 1 rings (SSSR count). The normalized spacial score (nSPS) is 11.9. The van der Waals surface area contributed by atoms with E-state index in [-0.39, 0.29) is 11.6 Å². The third-order valence-electron chi connectivity index (χ3n) is 1.83. The Labute approximate surface area is 93.5 Å². The molecule has 0 saturated heterocycles. The molecule has 3 N–H and O–H groups in total. The van der Waals surface area contributed by atoms with Crippen molar-refractivity contribution in [3.05, 3.63) is 12.5 Å². The van der Waals surface area contributed by atoms with Gasteiger partial charge in [-0.2, -0.15) is 4.31 Å². The first-order valence-electron chi connectivity index (χ1n) is 4.17. The maximum Gasteiger partial charge on any atom is 0.259 e. The van der Waals surface area contributed by atoms with Crippen molar-refractivity contribution in [3.63, 3.8) is 0 Å². The first-order chi connectivity index (χ1) is 6.94. The third-order valence-corrected chi connectivity index (χ3v) is 3.82. The molecule has 1 aromatic heterocycles. The lowest BCUT2D eigenvalue weighted by atomic mass is 10.4. The molecular weight excluding hydrogens is 236 g/mol. The number of sulfonamides is 1. The van der Waals surface area contributed by atoms with Crippen molar-refractivity contribution in [1.29, 1.82) is 0 Å². The van der Waals surface area contributed by atoms with Gasteiger partial charge in [0.1, 0.15) is 0 Å². The highest BCUT2D eigenvalue weighted by Gasteiger charge is 2.21. The zero-order valence-electron chi connectivity index (χ0n) is 8.17. The fraction of sp³-hybridized carbons (Fsp3) is 0.429. The van der Waals surface area contributed by atoms with Gasteiger partial charge in [-0.1, -0.05) is 12.2 Å². The van der Waals surface area contributed by atoms with Crippen LogP contribution in [0.4, 0.5) is 0 Å². The van der Waals surface area contributed by atoms with Crippen molar-refractivity contribution >= 4 is 27.2 Å². The third kappa shape index (κ3) is 2.98. The van der Waals surface area contributed by atoms with Crippen LogP contribution in [0.2, 0.25) is 0 Å². The van der Waals surface area contributed by atoms with Gasteiger partial charge in [0.2, 0.25) is 0 Å². The molecule has 8 heteroatoms. The van der Waals surface area contributed by atoms with Gasteiger partial charge in [0.25, 0.3) is 10.0 Å². The number of nitrogens with zero attached hydrogens (tertiary/aromatic N) is 2. The standard InChI is InChI=1S/C7H12N4O2S2/c1-11(3-2-6(8)14)15(12,13)7-4-9-5-10-7/h4-5H,2-3H2,1H3,(H2,8,14)(H,9,10). The van der Waals surface area contributed by atoms with Gasteiger partial charge in [-0.15, -0.1) is 0 Å². The van der Waals surface area contributed by atoms with Crippen molar-refractivity contribution in [1.82, 2.24) is 14.3 Å². The summed E-state index contributed by atoms with van der Waals surface area (Å²) in [6.07, 6.45) is 2.93. The summed E-state index contributed by atoms with van der Waals surface area (Å²) in [4.78, 5) is 6.49. The van der Waals surface area contributed by atoms with Gasteiger partial charge in [-0.05, 0) is 0 Å². The molecule has 0 bridgehead atoms. The number of H-pyrrole nitrogens is 1. The Morgan fingerprint density at radius 2 is 2.40 bits per heavy atom. The van der Waals surface area contributed by atoms with E-state index < -0.39 is 10.0 Å². The van der Waals surface area contributed by atoms with Crippen LogP contribution in [-0.2, 0) is 10.0 Å². The molecule has 0 aromatic carbocycles. The first-order valence-corrected chi connectivity index (χ1v) is 6.02. The number of aromatic amines is 1. The summed E-state index contributed by atoms with van der Waals surface area (Å²) in [5.74, 6) is 0. The summed E-state index contributed by atoms with van der Waals surface area (Å²) in [6, 6.07) is 0. The topological polar surface area (TPSA) is 92.1 Å². The minimum absolute atomic E-state index is 0.0629. The lowest BCUT2D eigenvalue weighted by Gasteiger charge is -2.14. The maximum atomic E-state index is 11.8. The summed E-state index contributed by atoms with van der Waals surface area (Å²) >= 11 is 4.67. The van der Waals surface area contributed by atoms with Crippen LogP contribution < -0.4 is 5.73 Å². The average Bonchev–Trinajstić information content (AvgIpc) is 2.66. The SMILES string of the molecule is CN(CCC(N)=S)S(=O)(=O)c1cnc[nH]1. The summed E-state index contributed by atoms with van der Waals surface area (Å²) in [7, 11) is -2.02. The number of nitrogens with one attached hydrogen (secondary N) is 1. The Morgan fingerprint density at radius 3 is 2.87 bits per heavy atom. The number of nitrogens with two attached hydrogens (primary N) is 1. The van der Waals surface area contributed by atoms with E-state index in [1.54, 1.807) is 0 Å². The van der Waals surface area contributed by atoms with Gasteiger partial charge in [0.15, 0.2) is 5.03 Å². The molecule has 0 aliphatic carbocycles. The predicted octanol–water partition coefficient (Wildman–Crippen LogP) is -0.294. The van der Waals surface area contributed by atoms with E-state index in [0.29, 0.717) is 11.4 Å². The second kappa shape index (κ2) is 4.69. The molecule has 0 unspecified atom stereocenters. The van der Waals surface area contributed by atoms with Crippen LogP contribution in [0.15, 0.2) is 17.6 Å². The highest BCUT2D eigenvalue weighted by molar-refractivity contribution is 7.89.